The van der Waals surface area contributed by atoms with Gasteiger partial charge in [0, 0.05) is 6.54 Å². The first-order valence-corrected chi connectivity index (χ1v) is 9.38. The van der Waals surface area contributed by atoms with E-state index in [2.05, 4.69) is 22.3 Å². The highest BCUT2D eigenvalue weighted by atomic mass is 35.5. The number of halogens is 2. The Kier molecular flexibility index (Phi) is 6.35. The van der Waals surface area contributed by atoms with Crippen LogP contribution in [0.4, 0.5) is 0 Å². The van der Waals surface area contributed by atoms with Crippen molar-refractivity contribution in [3.05, 3.63) is 69.7 Å². The van der Waals surface area contributed by atoms with Crippen LogP contribution in [0.5, 0.6) is 0 Å². The molecule has 1 N–H and O–H groups in total. The van der Waals surface area contributed by atoms with E-state index in [4.69, 9.17) is 23.2 Å². The fourth-order valence-electron chi connectivity index (χ4n) is 3.22. The molecule has 25 heavy (non-hydrogen) atoms. The summed E-state index contributed by atoms with van der Waals surface area (Å²) in [7, 11) is 0. The fourth-order valence-corrected chi connectivity index (χ4v) is 3.54. The Morgan fingerprint density at radius 1 is 1.04 bits per heavy atom. The molecule has 0 saturated carbocycles. The van der Waals surface area contributed by atoms with Crippen LogP contribution in [0.2, 0.25) is 10.0 Å². The van der Waals surface area contributed by atoms with Gasteiger partial charge in [-0.2, -0.15) is 0 Å². The average Bonchev–Trinajstić information content (AvgIpc) is 3.11. The number of carbonyl (C=O) groups is 1. The predicted molar refractivity (Wildman–Crippen MR) is 103 cm³/mol. The highest BCUT2D eigenvalue weighted by molar-refractivity contribution is 6.42. The number of nitrogens with zero attached hydrogens (tertiary/aromatic N) is 1. The van der Waals surface area contributed by atoms with Crippen molar-refractivity contribution in [2.45, 2.75) is 25.3 Å². The third kappa shape index (κ3) is 5.21. The van der Waals surface area contributed by atoms with Gasteiger partial charge in [0.25, 0.3) is 0 Å². The van der Waals surface area contributed by atoms with E-state index >= 15 is 0 Å². The molecule has 1 amide bonds. The zero-order valence-electron chi connectivity index (χ0n) is 14.1. The molecule has 2 aromatic carbocycles. The van der Waals surface area contributed by atoms with E-state index < -0.39 is 0 Å². The molecule has 3 nitrogen and oxygen atoms in total. The number of rotatable bonds is 6. The summed E-state index contributed by atoms with van der Waals surface area (Å²) in [6.45, 7) is 3.05. The molecule has 0 spiro atoms. The number of likely N-dealkylation sites (tertiary alicyclic amines) is 1. The van der Waals surface area contributed by atoms with Gasteiger partial charge in [0.1, 0.15) is 0 Å². The van der Waals surface area contributed by atoms with E-state index in [0.29, 0.717) is 16.5 Å². The normalized spacial score (nSPS) is 15.9. The lowest BCUT2D eigenvalue weighted by molar-refractivity contribution is -0.121. The summed E-state index contributed by atoms with van der Waals surface area (Å²) in [6.07, 6.45) is 2.76. The number of hydrogen-bond acceptors (Lipinski definition) is 2. The van der Waals surface area contributed by atoms with Crippen LogP contribution >= 0.6 is 23.2 Å². The van der Waals surface area contributed by atoms with Gasteiger partial charge in [-0.25, -0.2) is 0 Å². The highest BCUT2D eigenvalue weighted by Crippen LogP contribution is 2.23. The van der Waals surface area contributed by atoms with Crippen molar-refractivity contribution in [1.29, 1.82) is 0 Å². The Labute approximate surface area is 158 Å². The molecule has 0 bridgehead atoms. The van der Waals surface area contributed by atoms with E-state index in [0.717, 1.165) is 30.8 Å². The maximum Gasteiger partial charge on any atom is 0.224 e. The number of amides is 1. The smallest absolute Gasteiger partial charge is 0.224 e. The average molecular weight is 377 g/mol. The van der Waals surface area contributed by atoms with Crippen molar-refractivity contribution in [1.82, 2.24) is 10.2 Å². The van der Waals surface area contributed by atoms with Crippen LogP contribution in [0, 0.1) is 0 Å². The standard InChI is InChI=1S/C20H22Cl2N2O/c21-17-9-8-15(12-18(17)22)13-20(25)23-19(14-24-10-4-5-11-24)16-6-2-1-3-7-16/h1-3,6-9,12,19H,4-5,10-11,13-14H2,(H,23,25). The number of carbonyl (C=O) groups excluding carboxylic acids is 1. The summed E-state index contributed by atoms with van der Waals surface area (Å²) in [6, 6.07) is 15.5. The van der Waals surface area contributed by atoms with Crippen LogP contribution < -0.4 is 5.32 Å². The molecule has 1 fully saturated rings. The summed E-state index contributed by atoms with van der Waals surface area (Å²) in [5.41, 5.74) is 2.00. The van der Waals surface area contributed by atoms with Gasteiger partial charge in [-0.15, -0.1) is 0 Å². The number of nitrogens with one attached hydrogen (secondary N) is 1. The largest absolute Gasteiger partial charge is 0.348 e. The maximum absolute atomic E-state index is 12.6. The second kappa shape index (κ2) is 8.70. The van der Waals surface area contributed by atoms with Crippen LogP contribution in [0.25, 0.3) is 0 Å². The van der Waals surface area contributed by atoms with E-state index in [1.807, 2.05) is 24.3 Å². The molecule has 3 rings (SSSR count). The Hall–Kier alpha value is -1.55. The molecule has 1 unspecified atom stereocenters. The van der Waals surface area contributed by atoms with Gasteiger partial charge in [0.05, 0.1) is 22.5 Å². The minimum Gasteiger partial charge on any atom is -0.348 e. The molecule has 1 atom stereocenters. The molecule has 0 aliphatic carbocycles. The Morgan fingerprint density at radius 2 is 1.76 bits per heavy atom. The molecule has 1 heterocycles. The number of benzene rings is 2. The van der Waals surface area contributed by atoms with E-state index in [1.165, 1.54) is 12.8 Å². The van der Waals surface area contributed by atoms with Crippen LogP contribution in [0.1, 0.15) is 30.0 Å². The summed E-state index contributed by atoms with van der Waals surface area (Å²) < 4.78 is 0. The lowest BCUT2D eigenvalue weighted by Gasteiger charge is -2.25. The maximum atomic E-state index is 12.6. The SMILES string of the molecule is O=C(Cc1ccc(Cl)c(Cl)c1)NC(CN1CCCC1)c1ccccc1. The topological polar surface area (TPSA) is 32.3 Å². The fraction of sp³-hybridized carbons (Fsp3) is 0.350. The molecular formula is C20H22Cl2N2O. The molecule has 1 aliphatic rings. The second-order valence-corrected chi connectivity index (χ2v) is 7.28. The van der Waals surface area contributed by atoms with Gasteiger partial charge in [0.2, 0.25) is 5.91 Å². The first-order chi connectivity index (χ1) is 12.1. The highest BCUT2D eigenvalue weighted by Gasteiger charge is 2.20. The van der Waals surface area contributed by atoms with E-state index in [-0.39, 0.29) is 11.9 Å². The molecule has 0 aromatic heterocycles. The molecule has 1 aliphatic heterocycles. The first kappa shape index (κ1) is 18.2. The quantitative estimate of drug-likeness (QED) is 0.805. The zero-order valence-corrected chi connectivity index (χ0v) is 15.6. The van der Waals surface area contributed by atoms with Crippen molar-refractivity contribution in [2.24, 2.45) is 0 Å². The zero-order chi connectivity index (χ0) is 17.6. The Bertz CT molecular complexity index is 715. The van der Waals surface area contributed by atoms with Gasteiger partial charge >= 0.3 is 0 Å². The van der Waals surface area contributed by atoms with Crippen molar-refractivity contribution in [3.8, 4) is 0 Å². The lowest BCUT2D eigenvalue weighted by atomic mass is 10.1. The van der Waals surface area contributed by atoms with Crippen molar-refractivity contribution in [3.63, 3.8) is 0 Å². The van der Waals surface area contributed by atoms with Gasteiger partial charge < -0.3 is 10.2 Å². The second-order valence-electron chi connectivity index (χ2n) is 6.46. The Morgan fingerprint density at radius 3 is 2.44 bits per heavy atom. The summed E-state index contributed by atoms with van der Waals surface area (Å²) in [5, 5.41) is 4.16. The minimum absolute atomic E-state index is 0.00503. The van der Waals surface area contributed by atoms with Crippen molar-refractivity contribution < 1.29 is 4.79 Å². The van der Waals surface area contributed by atoms with Crippen LogP contribution in [0.15, 0.2) is 48.5 Å². The van der Waals surface area contributed by atoms with Crippen LogP contribution in [-0.2, 0) is 11.2 Å². The molecule has 0 radical (unpaired) electrons. The molecule has 2 aromatic rings. The lowest BCUT2D eigenvalue weighted by Crippen LogP contribution is -2.37. The molecular weight excluding hydrogens is 355 g/mol. The summed E-state index contributed by atoms with van der Waals surface area (Å²) in [5.74, 6) is -0.00793. The number of hydrogen-bond donors (Lipinski definition) is 1. The van der Waals surface area contributed by atoms with Crippen molar-refractivity contribution in [2.75, 3.05) is 19.6 Å². The van der Waals surface area contributed by atoms with E-state index in [9.17, 15) is 4.79 Å². The van der Waals surface area contributed by atoms with Gasteiger partial charge in [-0.05, 0) is 49.2 Å². The Balaban J connectivity index is 1.67. The minimum atomic E-state index is -0.00793. The third-order valence-corrected chi connectivity index (χ3v) is 5.26. The van der Waals surface area contributed by atoms with Crippen LogP contribution in [0.3, 0.4) is 0 Å². The monoisotopic (exact) mass is 376 g/mol. The van der Waals surface area contributed by atoms with Crippen LogP contribution in [-0.4, -0.2) is 30.4 Å². The van der Waals surface area contributed by atoms with Crippen molar-refractivity contribution >= 4 is 29.1 Å². The first-order valence-electron chi connectivity index (χ1n) is 8.62. The predicted octanol–water partition coefficient (Wildman–Crippen LogP) is 4.49. The summed E-state index contributed by atoms with van der Waals surface area (Å²) >= 11 is 12.0. The van der Waals surface area contributed by atoms with E-state index in [1.54, 1.807) is 12.1 Å². The van der Waals surface area contributed by atoms with Gasteiger partial charge in [-0.3, -0.25) is 4.79 Å². The van der Waals surface area contributed by atoms with Gasteiger partial charge in [-0.1, -0.05) is 59.6 Å². The molecule has 1 saturated heterocycles. The van der Waals surface area contributed by atoms with Gasteiger partial charge in [0.15, 0.2) is 0 Å². The summed E-state index contributed by atoms with van der Waals surface area (Å²) in [4.78, 5) is 15.0. The molecule has 5 heteroatoms. The third-order valence-electron chi connectivity index (χ3n) is 4.53. The molecule has 132 valence electrons.